The summed E-state index contributed by atoms with van der Waals surface area (Å²) in [7, 11) is 0. The SMILES string of the molecule is CC[C@@H](C)CC[C@H](C)C=O. The Balaban J connectivity index is 3.25. The molecule has 10 heavy (non-hydrogen) atoms. The molecule has 0 rings (SSSR count). The van der Waals surface area contributed by atoms with Gasteiger partial charge in [-0.05, 0) is 12.3 Å². The quantitative estimate of drug-likeness (QED) is 0.539. The highest BCUT2D eigenvalue weighted by atomic mass is 16.1. The van der Waals surface area contributed by atoms with Gasteiger partial charge in [-0.25, -0.2) is 0 Å². The van der Waals surface area contributed by atoms with Gasteiger partial charge < -0.3 is 4.79 Å². The fourth-order valence-electron chi connectivity index (χ4n) is 0.820. The van der Waals surface area contributed by atoms with Gasteiger partial charge in [0.2, 0.25) is 0 Å². The molecule has 0 aliphatic heterocycles. The monoisotopic (exact) mass is 142 g/mol. The van der Waals surface area contributed by atoms with Crippen molar-refractivity contribution in [1.29, 1.82) is 0 Å². The van der Waals surface area contributed by atoms with E-state index in [1.807, 2.05) is 6.92 Å². The molecule has 0 saturated heterocycles. The number of rotatable bonds is 5. The first kappa shape index (κ1) is 9.67. The molecule has 1 heteroatoms. The Bertz CT molecular complexity index is 88.7. The average Bonchev–Trinajstić information content (AvgIpc) is 1.99. The zero-order valence-corrected chi connectivity index (χ0v) is 7.26. The third-order valence-corrected chi connectivity index (χ3v) is 2.04. The standard InChI is InChI=1S/C9H18O/c1-4-8(2)5-6-9(3)7-10/h7-9H,4-6H2,1-3H3/t8-,9+/m1/s1. The molecule has 0 bridgehead atoms. The van der Waals surface area contributed by atoms with Crippen molar-refractivity contribution < 1.29 is 4.79 Å². The lowest BCUT2D eigenvalue weighted by Gasteiger charge is -2.08. The van der Waals surface area contributed by atoms with Gasteiger partial charge in [0.1, 0.15) is 6.29 Å². The van der Waals surface area contributed by atoms with Crippen LogP contribution in [0.1, 0.15) is 40.0 Å². The van der Waals surface area contributed by atoms with Crippen molar-refractivity contribution in [3.8, 4) is 0 Å². The van der Waals surface area contributed by atoms with Crippen molar-refractivity contribution in [3.63, 3.8) is 0 Å². The van der Waals surface area contributed by atoms with Crippen molar-refractivity contribution in [2.45, 2.75) is 40.0 Å². The van der Waals surface area contributed by atoms with Gasteiger partial charge in [0.25, 0.3) is 0 Å². The second-order valence-electron chi connectivity index (χ2n) is 3.20. The molecular formula is C9H18O. The fraction of sp³-hybridized carbons (Fsp3) is 0.889. The molecule has 0 aromatic carbocycles. The van der Waals surface area contributed by atoms with E-state index in [0.29, 0.717) is 0 Å². The van der Waals surface area contributed by atoms with Crippen LogP contribution in [0.3, 0.4) is 0 Å². The van der Waals surface area contributed by atoms with Gasteiger partial charge in [-0.15, -0.1) is 0 Å². The first-order valence-electron chi connectivity index (χ1n) is 4.16. The molecule has 0 radical (unpaired) electrons. The maximum atomic E-state index is 10.2. The fourth-order valence-corrected chi connectivity index (χ4v) is 0.820. The Morgan fingerprint density at radius 1 is 1.30 bits per heavy atom. The Morgan fingerprint density at radius 3 is 2.30 bits per heavy atom. The van der Waals surface area contributed by atoms with Gasteiger partial charge in [-0.3, -0.25) is 0 Å². The lowest BCUT2D eigenvalue weighted by Crippen LogP contribution is -1.99. The molecule has 60 valence electrons. The third-order valence-electron chi connectivity index (χ3n) is 2.04. The second kappa shape index (κ2) is 5.45. The first-order chi connectivity index (χ1) is 4.70. The van der Waals surface area contributed by atoms with E-state index in [4.69, 9.17) is 0 Å². The maximum absolute atomic E-state index is 10.2. The van der Waals surface area contributed by atoms with E-state index < -0.39 is 0 Å². The highest BCUT2D eigenvalue weighted by Crippen LogP contribution is 2.12. The lowest BCUT2D eigenvalue weighted by atomic mass is 9.97. The topological polar surface area (TPSA) is 17.1 Å². The van der Waals surface area contributed by atoms with Gasteiger partial charge in [-0.2, -0.15) is 0 Å². The van der Waals surface area contributed by atoms with Crippen LogP contribution in [0, 0.1) is 11.8 Å². The van der Waals surface area contributed by atoms with Crippen LogP contribution in [0.25, 0.3) is 0 Å². The molecule has 0 heterocycles. The molecule has 2 atom stereocenters. The van der Waals surface area contributed by atoms with Crippen LogP contribution in [0.5, 0.6) is 0 Å². The van der Waals surface area contributed by atoms with Crippen molar-refractivity contribution in [3.05, 3.63) is 0 Å². The van der Waals surface area contributed by atoms with Gasteiger partial charge in [0.05, 0.1) is 0 Å². The van der Waals surface area contributed by atoms with Crippen molar-refractivity contribution in [2.24, 2.45) is 11.8 Å². The van der Waals surface area contributed by atoms with Crippen molar-refractivity contribution >= 4 is 6.29 Å². The van der Waals surface area contributed by atoms with Crippen LogP contribution in [0.2, 0.25) is 0 Å². The van der Waals surface area contributed by atoms with Crippen molar-refractivity contribution in [1.82, 2.24) is 0 Å². The summed E-state index contributed by atoms with van der Waals surface area (Å²) in [5.74, 6) is 1.04. The summed E-state index contributed by atoms with van der Waals surface area (Å²) in [5.41, 5.74) is 0. The zero-order valence-electron chi connectivity index (χ0n) is 7.26. The highest BCUT2D eigenvalue weighted by Gasteiger charge is 2.02. The van der Waals surface area contributed by atoms with E-state index in [-0.39, 0.29) is 5.92 Å². The molecule has 0 spiro atoms. The molecule has 0 N–H and O–H groups in total. The second-order valence-corrected chi connectivity index (χ2v) is 3.20. The summed E-state index contributed by atoms with van der Waals surface area (Å²) >= 11 is 0. The third kappa shape index (κ3) is 4.54. The molecule has 0 fully saturated rings. The number of hydrogen-bond donors (Lipinski definition) is 0. The molecule has 0 unspecified atom stereocenters. The number of hydrogen-bond acceptors (Lipinski definition) is 1. The minimum Gasteiger partial charge on any atom is -0.303 e. The Labute approximate surface area is 63.8 Å². The average molecular weight is 142 g/mol. The van der Waals surface area contributed by atoms with Crippen LogP contribution >= 0.6 is 0 Å². The van der Waals surface area contributed by atoms with Crippen molar-refractivity contribution in [2.75, 3.05) is 0 Å². The van der Waals surface area contributed by atoms with E-state index >= 15 is 0 Å². The summed E-state index contributed by atoms with van der Waals surface area (Å²) in [4.78, 5) is 10.2. The van der Waals surface area contributed by atoms with Crippen LogP contribution < -0.4 is 0 Å². The number of carbonyl (C=O) groups is 1. The minimum atomic E-state index is 0.258. The molecule has 0 saturated carbocycles. The van der Waals surface area contributed by atoms with Crippen LogP contribution in [0.4, 0.5) is 0 Å². The number of carbonyl (C=O) groups excluding carboxylic acids is 1. The summed E-state index contributed by atoms with van der Waals surface area (Å²) in [5, 5.41) is 0. The molecule has 0 amide bonds. The molecular weight excluding hydrogens is 124 g/mol. The van der Waals surface area contributed by atoms with Crippen LogP contribution in [0.15, 0.2) is 0 Å². The first-order valence-corrected chi connectivity index (χ1v) is 4.16. The van der Waals surface area contributed by atoms with E-state index in [1.54, 1.807) is 0 Å². The summed E-state index contributed by atoms with van der Waals surface area (Å²) in [6.07, 6.45) is 4.52. The van der Waals surface area contributed by atoms with Gasteiger partial charge in [-0.1, -0.05) is 33.6 Å². The predicted molar refractivity (Wildman–Crippen MR) is 43.9 cm³/mol. The maximum Gasteiger partial charge on any atom is 0.122 e. The van der Waals surface area contributed by atoms with Gasteiger partial charge >= 0.3 is 0 Å². The van der Waals surface area contributed by atoms with E-state index in [9.17, 15) is 4.79 Å². The lowest BCUT2D eigenvalue weighted by molar-refractivity contribution is -0.110. The summed E-state index contributed by atoms with van der Waals surface area (Å²) in [6.45, 7) is 6.41. The van der Waals surface area contributed by atoms with Gasteiger partial charge in [0, 0.05) is 5.92 Å². The van der Waals surface area contributed by atoms with E-state index in [1.165, 1.54) is 12.8 Å². The number of aldehydes is 1. The zero-order chi connectivity index (χ0) is 7.98. The Kier molecular flexibility index (Phi) is 5.27. The largest absolute Gasteiger partial charge is 0.303 e. The molecule has 0 aromatic heterocycles. The van der Waals surface area contributed by atoms with E-state index in [2.05, 4.69) is 13.8 Å². The highest BCUT2D eigenvalue weighted by molar-refractivity contribution is 5.52. The summed E-state index contributed by atoms with van der Waals surface area (Å²) < 4.78 is 0. The Morgan fingerprint density at radius 2 is 1.90 bits per heavy atom. The smallest absolute Gasteiger partial charge is 0.122 e. The molecule has 0 aromatic rings. The summed E-state index contributed by atoms with van der Waals surface area (Å²) in [6, 6.07) is 0. The predicted octanol–water partition coefficient (Wildman–Crippen LogP) is 2.65. The molecule has 0 aliphatic rings. The Hall–Kier alpha value is -0.330. The van der Waals surface area contributed by atoms with Gasteiger partial charge in [0.15, 0.2) is 0 Å². The van der Waals surface area contributed by atoms with E-state index in [0.717, 1.165) is 18.6 Å². The molecule has 0 aliphatic carbocycles. The van der Waals surface area contributed by atoms with Crippen LogP contribution in [-0.4, -0.2) is 6.29 Å². The molecule has 1 nitrogen and oxygen atoms in total. The van der Waals surface area contributed by atoms with Crippen LogP contribution in [-0.2, 0) is 4.79 Å². The normalized spacial score (nSPS) is 16.3. The minimum absolute atomic E-state index is 0.258.